The molecule has 2 amide bonds. The summed E-state index contributed by atoms with van der Waals surface area (Å²) in [6.07, 6.45) is 3.38. The van der Waals surface area contributed by atoms with Crippen LogP contribution in [0.3, 0.4) is 0 Å². The summed E-state index contributed by atoms with van der Waals surface area (Å²) in [4.78, 5) is 30.6. The standard InChI is InChI=1S/C22H29N3O2/c1-15(2)19-7-6-8-20(16(3)4)22(19)25(17(5)26)14-21(27)24-13-18-9-11-23-12-10-18/h6-12,15-16H,13-14H2,1-5H3,(H,24,27). The number of nitrogens with zero attached hydrogens (tertiary/aromatic N) is 2. The number of benzene rings is 1. The van der Waals surface area contributed by atoms with Crippen molar-refractivity contribution in [3.63, 3.8) is 0 Å². The van der Waals surface area contributed by atoms with Gasteiger partial charge in [0.1, 0.15) is 6.54 Å². The first-order valence-corrected chi connectivity index (χ1v) is 9.37. The monoisotopic (exact) mass is 367 g/mol. The van der Waals surface area contributed by atoms with Gasteiger partial charge in [-0.25, -0.2) is 0 Å². The van der Waals surface area contributed by atoms with Gasteiger partial charge in [-0.15, -0.1) is 0 Å². The molecule has 1 aromatic heterocycles. The first-order chi connectivity index (χ1) is 12.8. The van der Waals surface area contributed by atoms with Crippen molar-refractivity contribution in [2.24, 2.45) is 0 Å². The van der Waals surface area contributed by atoms with Crippen molar-refractivity contribution in [2.75, 3.05) is 11.4 Å². The fourth-order valence-electron chi connectivity index (χ4n) is 3.07. The van der Waals surface area contributed by atoms with Crippen molar-refractivity contribution in [2.45, 2.75) is 53.0 Å². The molecule has 1 heterocycles. The number of para-hydroxylation sites is 1. The van der Waals surface area contributed by atoms with Crippen molar-refractivity contribution < 1.29 is 9.59 Å². The van der Waals surface area contributed by atoms with Crippen LogP contribution >= 0.6 is 0 Å². The van der Waals surface area contributed by atoms with Gasteiger partial charge in [0.25, 0.3) is 0 Å². The Bertz CT molecular complexity index is 759. The van der Waals surface area contributed by atoms with E-state index >= 15 is 0 Å². The van der Waals surface area contributed by atoms with Crippen LogP contribution in [0.1, 0.15) is 63.1 Å². The summed E-state index contributed by atoms with van der Waals surface area (Å²) < 4.78 is 0. The minimum atomic E-state index is -0.185. The second-order valence-corrected chi connectivity index (χ2v) is 7.33. The summed E-state index contributed by atoms with van der Waals surface area (Å²) in [5.74, 6) is 0.181. The SMILES string of the molecule is CC(=O)N(CC(=O)NCc1ccncc1)c1c(C(C)C)cccc1C(C)C. The molecule has 2 rings (SSSR count). The summed E-state index contributed by atoms with van der Waals surface area (Å²) in [6.45, 7) is 10.3. The normalized spacial score (nSPS) is 10.9. The topological polar surface area (TPSA) is 62.3 Å². The molecule has 2 aromatic rings. The molecule has 0 fully saturated rings. The van der Waals surface area contributed by atoms with Crippen LogP contribution in [0.4, 0.5) is 5.69 Å². The lowest BCUT2D eigenvalue weighted by atomic mass is 9.91. The van der Waals surface area contributed by atoms with Crippen LogP contribution in [-0.4, -0.2) is 23.3 Å². The molecule has 144 valence electrons. The molecule has 1 N–H and O–H groups in total. The Morgan fingerprint density at radius 1 is 1.00 bits per heavy atom. The van der Waals surface area contributed by atoms with Crippen LogP contribution in [0.2, 0.25) is 0 Å². The van der Waals surface area contributed by atoms with Crippen LogP contribution in [0.25, 0.3) is 0 Å². The van der Waals surface area contributed by atoms with E-state index in [0.717, 1.165) is 22.4 Å². The number of nitrogens with one attached hydrogen (secondary N) is 1. The fourth-order valence-corrected chi connectivity index (χ4v) is 3.07. The average molecular weight is 367 g/mol. The Kier molecular flexibility index (Phi) is 7.11. The quantitative estimate of drug-likeness (QED) is 0.805. The van der Waals surface area contributed by atoms with Crippen LogP contribution < -0.4 is 10.2 Å². The van der Waals surface area contributed by atoms with Crippen LogP contribution in [0.15, 0.2) is 42.7 Å². The maximum atomic E-state index is 12.5. The van der Waals surface area contributed by atoms with Gasteiger partial charge in [-0.05, 0) is 40.7 Å². The van der Waals surface area contributed by atoms with Crippen molar-refractivity contribution in [1.82, 2.24) is 10.3 Å². The Hall–Kier alpha value is -2.69. The zero-order valence-corrected chi connectivity index (χ0v) is 16.8. The van der Waals surface area contributed by atoms with E-state index < -0.39 is 0 Å². The molecular formula is C22H29N3O2. The van der Waals surface area contributed by atoms with Crippen molar-refractivity contribution in [1.29, 1.82) is 0 Å². The Morgan fingerprint density at radius 3 is 2.04 bits per heavy atom. The molecule has 0 bridgehead atoms. The predicted octanol–water partition coefficient (Wildman–Crippen LogP) is 4.00. The molecule has 5 nitrogen and oxygen atoms in total. The highest BCUT2D eigenvalue weighted by Gasteiger charge is 2.24. The van der Waals surface area contributed by atoms with E-state index in [1.165, 1.54) is 6.92 Å². The van der Waals surface area contributed by atoms with Gasteiger partial charge >= 0.3 is 0 Å². The second kappa shape index (κ2) is 9.31. The first kappa shape index (κ1) is 20.6. The third-order valence-corrected chi connectivity index (χ3v) is 4.53. The van der Waals surface area contributed by atoms with E-state index in [1.54, 1.807) is 17.3 Å². The van der Waals surface area contributed by atoms with Crippen LogP contribution in [-0.2, 0) is 16.1 Å². The molecule has 0 aliphatic carbocycles. The van der Waals surface area contributed by atoms with Crippen molar-refractivity contribution >= 4 is 17.5 Å². The van der Waals surface area contributed by atoms with Gasteiger partial charge in [0, 0.05) is 25.9 Å². The minimum absolute atomic E-state index is 0.00384. The van der Waals surface area contributed by atoms with Gasteiger partial charge in [0.15, 0.2) is 0 Å². The number of aromatic nitrogens is 1. The molecule has 0 saturated carbocycles. The largest absolute Gasteiger partial charge is 0.350 e. The van der Waals surface area contributed by atoms with Gasteiger partial charge in [-0.1, -0.05) is 45.9 Å². The van der Waals surface area contributed by atoms with Crippen LogP contribution in [0, 0.1) is 0 Å². The number of amides is 2. The molecule has 0 unspecified atom stereocenters. The number of anilines is 1. The third-order valence-electron chi connectivity index (χ3n) is 4.53. The van der Waals surface area contributed by atoms with Gasteiger partial charge < -0.3 is 10.2 Å². The maximum absolute atomic E-state index is 12.5. The molecule has 0 atom stereocenters. The first-order valence-electron chi connectivity index (χ1n) is 9.37. The van der Waals surface area contributed by atoms with Gasteiger partial charge in [0.2, 0.25) is 11.8 Å². The highest BCUT2D eigenvalue weighted by atomic mass is 16.2. The highest BCUT2D eigenvalue weighted by Crippen LogP contribution is 2.35. The summed E-state index contributed by atoms with van der Waals surface area (Å²) in [6, 6.07) is 9.81. The third kappa shape index (κ3) is 5.39. The minimum Gasteiger partial charge on any atom is -0.350 e. The molecular weight excluding hydrogens is 338 g/mol. The fraction of sp³-hybridized carbons (Fsp3) is 0.409. The van der Waals surface area contributed by atoms with Crippen LogP contribution in [0.5, 0.6) is 0 Å². The van der Waals surface area contributed by atoms with Gasteiger partial charge in [0.05, 0.1) is 5.69 Å². The lowest BCUT2D eigenvalue weighted by Gasteiger charge is -2.29. The second-order valence-electron chi connectivity index (χ2n) is 7.33. The Labute approximate surface area is 161 Å². The molecule has 0 saturated heterocycles. The van der Waals surface area contributed by atoms with E-state index in [9.17, 15) is 9.59 Å². The number of pyridine rings is 1. The Balaban J connectivity index is 2.27. The average Bonchev–Trinajstić information content (AvgIpc) is 2.64. The summed E-state index contributed by atoms with van der Waals surface area (Å²) in [5, 5.41) is 2.89. The zero-order chi connectivity index (χ0) is 20.0. The van der Waals surface area contributed by atoms with E-state index in [-0.39, 0.29) is 30.2 Å². The number of carbonyl (C=O) groups excluding carboxylic acids is 2. The number of hydrogen-bond donors (Lipinski definition) is 1. The van der Waals surface area contributed by atoms with Gasteiger partial charge in [-0.2, -0.15) is 0 Å². The van der Waals surface area contributed by atoms with Crippen molar-refractivity contribution in [3.8, 4) is 0 Å². The lowest BCUT2D eigenvalue weighted by molar-refractivity contribution is -0.123. The number of carbonyl (C=O) groups is 2. The van der Waals surface area contributed by atoms with Crippen molar-refractivity contribution in [3.05, 3.63) is 59.4 Å². The van der Waals surface area contributed by atoms with E-state index in [1.807, 2.05) is 30.3 Å². The van der Waals surface area contributed by atoms with E-state index in [2.05, 4.69) is 38.0 Å². The molecule has 0 spiro atoms. The molecule has 5 heteroatoms. The van der Waals surface area contributed by atoms with Gasteiger partial charge in [-0.3, -0.25) is 14.6 Å². The number of rotatable bonds is 7. The molecule has 1 aromatic carbocycles. The smallest absolute Gasteiger partial charge is 0.240 e. The molecule has 27 heavy (non-hydrogen) atoms. The molecule has 0 aliphatic rings. The summed E-state index contributed by atoms with van der Waals surface area (Å²) in [5.41, 5.74) is 4.00. The maximum Gasteiger partial charge on any atom is 0.240 e. The van der Waals surface area contributed by atoms with E-state index in [0.29, 0.717) is 6.54 Å². The number of hydrogen-bond acceptors (Lipinski definition) is 3. The molecule has 0 aliphatic heterocycles. The lowest BCUT2D eigenvalue weighted by Crippen LogP contribution is -2.40. The predicted molar refractivity (Wildman–Crippen MR) is 109 cm³/mol. The highest BCUT2D eigenvalue weighted by molar-refractivity contribution is 5.99. The Morgan fingerprint density at radius 2 is 1.56 bits per heavy atom. The van der Waals surface area contributed by atoms with E-state index in [4.69, 9.17) is 0 Å². The summed E-state index contributed by atoms with van der Waals surface area (Å²) >= 11 is 0. The molecule has 0 radical (unpaired) electrons. The zero-order valence-electron chi connectivity index (χ0n) is 16.8. The summed E-state index contributed by atoms with van der Waals surface area (Å²) in [7, 11) is 0.